The molecule has 1 N–H and O–H groups in total. The Hall–Kier alpha value is -4.38. The molecule has 0 saturated heterocycles. The fourth-order valence-corrected chi connectivity index (χ4v) is 3.59. The van der Waals surface area contributed by atoms with Crippen molar-refractivity contribution in [3.8, 4) is 17.5 Å². The van der Waals surface area contributed by atoms with Gasteiger partial charge in [-0.15, -0.1) is 0 Å². The van der Waals surface area contributed by atoms with Crippen LogP contribution in [0.15, 0.2) is 54.1 Å². The lowest BCUT2D eigenvalue weighted by atomic mass is 10.1. The van der Waals surface area contributed by atoms with Crippen molar-refractivity contribution in [1.29, 1.82) is 5.26 Å². The monoisotopic (exact) mass is 444 g/mol. The van der Waals surface area contributed by atoms with E-state index in [0.29, 0.717) is 16.8 Å². The van der Waals surface area contributed by atoms with Crippen molar-refractivity contribution in [2.24, 2.45) is 0 Å². The van der Waals surface area contributed by atoms with E-state index in [1.807, 2.05) is 48.7 Å². The Labute approximate surface area is 191 Å². The number of nitro benzene ring substituents is 1. The van der Waals surface area contributed by atoms with Crippen molar-refractivity contribution in [3.63, 3.8) is 0 Å². The van der Waals surface area contributed by atoms with Gasteiger partial charge in [-0.05, 0) is 62.2 Å². The van der Waals surface area contributed by atoms with Gasteiger partial charge in [0.15, 0.2) is 0 Å². The summed E-state index contributed by atoms with van der Waals surface area (Å²) in [5.74, 6) is 0.237. The maximum atomic E-state index is 12.6. The van der Waals surface area contributed by atoms with Gasteiger partial charge in [-0.2, -0.15) is 5.26 Å². The first kappa shape index (κ1) is 23.3. The standard InChI is InChI=1S/C25H24N4O4/c1-16-5-8-22(13-24(16)29(31)32)28-17(2)11-20(18(28)3)12-21(14-26)25(30)27-15-19-6-9-23(33-4)10-7-19/h5-13H,15H2,1-4H3,(H,27,30). The molecule has 8 heteroatoms. The summed E-state index contributed by atoms with van der Waals surface area (Å²) in [5.41, 5.74) is 4.38. The van der Waals surface area contributed by atoms with Crippen LogP contribution < -0.4 is 10.1 Å². The molecular weight excluding hydrogens is 420 g/mol. The summed E-state index contributed by atoms with van der Waals surface area (Å²) in [7, 11) is 1.58. The number of carbonyl (C=O) groups excluding carboxylic acids is 1. The number of amides is 1. The molecule has 1 amide bonds. The lowest BCUT2D eigenvalue weighted by molar-refractivity contribution is -0.385. The molecule has 0 aliphatic carbocycles. The number of rotatable bonds is 7. The second-order valence-corrected chi connectivity index (χ2v) is 7.59. The number of methoxy groups -OCH3 is 1. The molecule has 0 spiro atoms. The van der Waals surface area contributed by atoms with E-state index in [1.165, 1.54) is 12.1 Å². The summed E-state index contributed by atoms with van der Waals surface area (Å²) in [4.78, 5) is 23.5. The Morgan fingerprint density at radius 3 is 2.48 bits per heavy atom. The third kappa shape index (κ3) is 5.10. The molecule has 0 fully saturated rings. The molecular formula is C25H24N4O4. The number of hydrogen-bond donors (Lipinski definition) is 1. The van der Waals surface area contributed by atoms with Crippen LogP contribution >= 0.6 is 0 Å². The Balaban J connectivity index is 1.86. The second-order valence-electron chi connectivity index (χ2n) is 7.59. The van der Waals surface area contributed by atoms with Crippen LogP contribution in [0, 0.1) is 42.2 Å². The van der Waals surface area contributed by atoms with E-state index in [2.05, 4.69) is 5.32 Å². The number of nitrogens with one attached hydrogen (secondary N) is 1. The summed E-state index contributed by atoms with van der Waals surface area (Å²) >= 11 is 0. The first-order valence-electron chi connectivity index (χ1n) is 10.2. The number of ether oxygens (including phenoxy) is 1. The van der Waals surface area contributed by atoms with Crippen molar-refractivity contribution in [2.45, 2.75) is 27.3 Å². The molecule has 2 aromatic carbocycles. The number of nitro groups is 1. The predicted octanol–water partition coefficient (Wildman–Crippen LogP) is 4.54. The van der Waals surface area contributed by atoms with Crippen molar-refractivity contribution in [3.05, 3.63) is 92.3 Å². The molecule has 8 nitrogen and oxygen atoms in total. The van der Waals surface area contributed by atoms with Crippen molar-refractivity contribution >= 4 is 17.7 Å². The van der Waals surface area contributed by atoms with Crippen LogP contribution in [0.3, 0.4) is 0 Å². The SMILES string of the molecule is COc1ccc(CNC(=O)C(C#N)=Cc2cc(C)n(-c3ccc(C)c([N+](=O)[O-])c3)c2C)cc1. The van der Waals surface area contributed by atoms with Crippen molar-refractivity contribution < 1.29 is 14.5 Å². The van der Waals surface area contributed by atoms with Crippen LogP contribution in [-0.4, -0.2) is 22.5 Å². The fourth-order valence-electron chi connectivity index (χ4n) is 3.59. The third-order valence-corrected chi connectivity index (χ3v) is 5.39. The van der Waals surface area contributed by atoms with Gasteiger partial charge in [0.25, 0.3) is 11.6 Å². The lowest BCUT2D eigenvalue weighted by Crippen LogP contribution is -2.23. The Kier molecular flexibility index (Phi) is 6.94. The summed E-state index contributed by atoms with van der Waals surface area (Å²) in [6.45, 7) is 5.67. The van der Waals surface area contributed by atoms with Gasteiger partial charge in [0, 0.05) is 29.6 Å². The van der Waals surface area contributed by atoms with E-state index >= 15 is 0 Å². The van der Waals surface area contributed by atoms with Gasteiger partial charge in [-0.25, -0.2) is 0 Å². The van der Waals surface area contributed by atoms with Crippen LogP contribution in [0.2, 0.25) is 0 Å². The van der Waals surface area contributed by atoms with Crippen LogP contribution in [-0.2, 0) is 11.3 Å². The number of carbonyl (C=O) groups is 1. The third-order valence-electron chi connectivity index (χ3n) is 5.39. The molecule has 0 aliphatic heterocycles. The fraction of sp³-hybridized carbons (Fsp3) is 0.200. The van der Waals surface area contributed by atoms with Crippen LogP contribution in [0.4, 0.5) is 5.69 Å². The molecule has 1 heterocycles. The minimum atomic E-state index is -0.482. The number of aryl methyl sites for hydroxylation is 2. The normalized spacial score (nSPS) is 11.1. The molecule has 0 radical (unpaired) electrons. The highest BCUT2D eigenvalue weighted by Crippen LogP contribution is 2.27. The molecule has 168 valence electrons. The average Bonchev–Trinajstić information content (AvgIpc) is 3.09. The van der Waals surface area contributed by atoms with E-state index < -0.39 is 10.8 Å². The summed E-state index contributed by atoms with van der Waals surface area (Å²) < 4.78 is 6.98. The van der Waals surface area contributed by atoms with Crippen LogP contribution in [0.1, 0.15) is 28.1 Å². The minimum absolute atomic E-state index is 0.0290. The molecule has 0 bridgehead atoms. The Morgan fingerprint density at radius 2 is 1.88 bits per heavy atom. The first-order chi connectivity index (χ1) is 15.7. The maximum absolute atomic E-state index is 12.6. The van der Waals surface area contributed by atoms with Gasteiger partial charge in [-0.1, -0.05) is 18.2 Å². The molecule has 0 aliphatic rings. The van der Waals surface area contributed by atoms with Crippen LogP contribution in [0.5, 0.6) is 5.75 Å². The Morgan fingerprint density at radius 1 is 1.18 bits per heavy atom. The van der Waals surface area contributed by atoms with Gasteiger partial charge >= 0.3 is 0 Å². The first-order valence-corrected chi connectivity index (χ1v) is 10.2. The number of nitrogens with zero attached hydrogens (tertiary/aromatic N) is 3. The predicted molar refractivity (Wildman–Crippen MR) is 125 cm³/mol. The molecule has 33 heavy (non-hydrogen) atoms. The maximum Gasteiger partial charge on any atom is 0.274 e. The highest BCUT2D eigenvalue weighted by molar-refractivity contribution is 6.01. The average molecular weight is 444 g/mol. The van der Waals surface area contributed by atoms with Gasteiger partial charge < -0.3 is 14.6 Å². The quantitative estimate of drug-likeness (QED) is 0.249. The lowest BCUT2D eigenvalue weighted by Gasteiger charge is -2.10. The smallest absolute Gasteiger partial charge is 0.274 e. The van der Waals surface area contributed by atoms with Crippen molar-refractivity contribution in [2.75, 3.05) is 7.11 Å². The zero-order valence-corrected chi connectivity index (χ0v) is 18.9. The molecule has 0 unspecified atom stereocenters. The van der Waals surface area contributed by atoms with E-state index in [1.54, 1.807) is 32.2 Å². The number of benzene rings is 2. The van der Waals surface area contributed by atoms with Crippen LogP contribution in [0.25, 0.3) is 11.8 Å². The number of nitriles is 1. The van der Waals surface area contributed by atoms with Gasteiger partial charge in [0.1, 0.15) is 17.4 Å². The zero-order chi connectivity index (χ0) is 24.1. The Bertz CT molecular complexity index is 1280. The molecule has 1 aromatic heterocycles. The molecule has 0 atom stereocenters. The number of aromatic nitrogens is 1. The summed E-state index contributed by atoms with van der Waals surface area (Å²) in [6.07, 6.45) is 1.53. The molecule has 3 aromatic rings. The summed E-state index contributed by atoms with van der Waals surface area (Å²) in [5, 5.41) is 23.6. The zero-order valence-electron chi connectivity index (χ0n) is 18.9. The highest BCUT2D eigenvalue weighted by Gasteiger charge is 2.17. The van der Waals surface area contributed by atoms with Gasteiger partial charge in [-0.3, -0.25) is 14.9 Å². The van der Waals surface area contributed by atoms with Crippen molar-refractivity contribution in [1.82, 2.24) is 9.88 Å². The van der Waals surface area contributed by atoms with Gasteiger partial charge in [0.05, 0.1) is 17.7 Å². The molecule has 3 rings (SSSR count). The second kappa shape index (κ2) is 9.83. The molecule has 0 saturated carbocycles. The topological polar surface area (TPSA) is 110 Å². The van der Waals surface area contributed by atoms with E-state index in [-0.39, 0.29) is 17.8 Å². The van der Waals surface area contributed by atoms with E-state index in [4.69, 9.17) is 4.74 Å². The highest BCUT2D eigenvalue weighted by atomic mass is 16.6. The van der Waals surface area contributed by atoms with E-state index in [9.17, 15) is 20.2 Å². The largest absolute Gasteiger partial charge is 0.497 e. The number of hydrogen-bond acceptors (Lipinski definition) is 5. The minimum Gasteiger partial charge on any atom is -0.497 e. The summed E-state index contributed by atoms with van der Waals surface area (Å²) in [6, 6.07) is 16.1. The van der Waals surface area contributed by atoms with E-state index in [0.717, 1.165) is 22.7 Å². The van der Waals surface area contributed by atoms with Gasteiger partial charge in [0.2, 0.25) is 0 Å².